The van der Waals surface area contributed by atoms with E-state index in [1.807, 2.05) is 12.3 Å². The molecule has 3 aromatic rings. The van der Waals surface area contributed by atoms with Gasteiger partial charge in [-0.05, 0) is 30.5 Å². The highest BCUT2D eigenvalue weighted by Crippen LogP contribution is 2.31. The third-order valence-electron chi connectivity index (χ3n) is 3.14. The third kappa shape index (κ3) is 3.83. The Morgan fingerprint density at radius 3 is 2.78 bits per heavy atom. The molecule has 0 aliphatic rings. The molecule has 23 heavy (non-hydrogen) atoms. The molecule has 0 unspecified atom stereocenters. The number of nitrogens with one attached hydrogen (secondary N) is 1. The zero-order chi connectivity index (χ0) is 16.2. The van der Waals surface area contributed by atoms with Gasteiger partial charge in [-0.1, -0.05) is 41.6 Å². The first-order valence-corrected chi connectivity index (χ1v) is 8.42. The monoisotopic (exact) mass is 349 g/mol. The highest BCUT2D eigenvalue weighted by atomic mass is 35.5. The SMILES string of the molecule is CSc1n[nH]c(Cc2ccc(Cl)cc2Oc2ccccc2F)n1. The zero-order valence-electron chi connectivity index (χ0n) is 12.2. The number of ether oxygens (including phenoxy) is 1. The van der Waals surface area contributed by atoms with Crippen LogP contribution in [0.5, 0.6) is 11.5 Å². The van der Waals surface area contributed by atoms with Gasteiger partial charge < -0.3 is 4.74 Å². The molecule has 0 aliphatic heterocycles. The normalized spacial score (nSPS) is 10.7. The summed E-state index contributed by atoms with van der Waals surface area (Å²) < 4.78 is 19.5. The quantitative estimate of drug-likeness (QED) is 0.678. The van der Waals surface area contributed by atoms with Gasteiger partial charge in [-0.15, -0.1) is 5.10 Å². The summed E-state index contributed by atoms with van der Waals surface area (Å²) in [4.78, 5) is 4.35. The number of hydrogen-bond donors (Lipinski definition) is 1. The van der Waals surface area contributed by atoms with E-state index < -0.39 is 5.82 Å². The molecule has 2 aromatic carbocycles. The second-order valence-electron chi connectivity index (χ2n) is 4.73. The van der Waals surface area contributed by atoms with Crippen LogP contribution in [0.25, 0.3) is 0 Å². The maximum Gasteiger partial charge on any atom is 0.208 e. The molecule has 1 aromatic heterocycles. The number of aromatic nitrogens is 3. The number of nitrogens with zero attached hydrogens (tertiary/aromatic N) is 2. The van der Waals surface area contributed by atoms with Crippen molar-refractivity contribution in [3.63, 3.8) is 0 Å². The molecule has 3 rings (SSSR count). The molecule has 1 heterocycles. The predicted molar refractivity (Wildman–Crippen MR) is 88.9 cm³/mol. The van der Waals surface area contributed by atoms with E-state index in [0.717, 1.165) is 5.56 Å². The van der Waals surface area contributed by atoms with E-state index >= 15 is 0 Å². The van der Waals surface area contributed by atoms with Crippen LogP contribution in [0.1, 0.15) is 11.4 Å². The number of halogens is 2. The lowest BCUT2D eigenvalue weighted by atomic mass is 10.1. The van der Waals surface area contributed by atoms with Crippen LogP contribution in [0.3, 0.4) is 0 Å². The molecule has 0 saturated carbocycles. The minimum atomic E-state index is -0.428. The van der Waals surface area contributed by atoms with E-state index in [9.17, 15) is 4.39 Å². The van der Waals surface area contributed by atoms with Gasteiger partial charge in [0.05, 0.1) is 0 Å². The summed E-state index contributed by atoms with van der Waals surface area (Å²) in [6.07, 6.45) is 2.39. The Hall–Kier alpha value is -2.05. The summed E-state index contributed by atoms with van der Waals surface area (Å²) in [7, 11) is 0. The number of rotatable bonds is 5. The summed E-state index contributed by atoms with van der Waals surface area (Å²) >= 11 is 7.50. The highest BCUT2D eigenvalue weighted by molar-refractivity contribution is 7.98. The van der Waals surface area contributed by atoms with Crippen LogP contribution in [-0.2, 0) is 6.42 Å². The molecule has 118 valence electrons. The maximum absolute atomic E-state index is 13.8. The van der Waals surface area contributed by atoms with Crippen LogP contribution in [-0.4, -0.2) is 21.4 Å². The molecule has 0 saturated heterocycles. The van der Waals surface area contributed by atoms with E-state index in [1.54, 1.807) is 30.3 Å². The van der Waals surface area contributed by atoms with E-state index in [4.69, 9.17) is 16.3 Å². The number of thioether (sulfide) groups is 1. The van der Waals surface area contributed by atoms with Crippen molar-refractivity contribution in [1.82, 2.24) is 15.2 Å². The smallest absolute Gasteiger partial charge is 0.208 e. The number of benzene rings is 2. The van der Waals surface area contributed by atoms with Crippen molar-refractivity contribution in [2.75, 3.05) is 6.26 Å². The summed E-state index contributed by atoms with van der Waals surface area (Å²) in [6.45, 7) is 0. The Balaban J connectivity index is 1.90. The summed E-state index contributed by atoms with van der Waals surface area (Å²) in [5, 5.41) is 8.14. The van der Waals surface area contributed by atoms with Crippen LogP contribution < -0.4 is 4.74 Å². The van der Waals surface area contributed by atoms with Gasteiger partial charge in [-0.3, -0.25) is 5.10 Å². The largest absolute Gasteiger partial charge is 0.454 e. The van der Waals surface area contributed by atoms with Crippen molar-refractivity contribution in [2.24, 2.45) is 0 Å². The van der Waals surface area contributed by atoms with Gasteiger partial charge in [0.1, 0.15) is 11.6 Å². The van der Waals surface area contributed by atoms with Gasteiger partial charge in [0.25, 0.3) is 0 Å². The third-order valence-corrected chi connectivity index (χ3v) is 3.92. The van der Waals surface area contributed by atoms with Crippen molar-refractivity contribution >= 4 is 23.4 Å². The minimum absolute atomic E-state index is 0.151. The summed E-state index contributed by atoms with van der Waals surface area (Å²) in [5.74, 6) is 0.918. The zero-order valence-corrected chi connectivity index (χ0v) is 13.8. The Bertz CT molecular complexity index is 825. The molecule has 0 atom stereocenters. The molecule has 1 N–H and O–H groups in total. The van der Waals surface area contributed by atoms with E-state index in [1.165, 1.54) is 17.8 Å². The maximum atomic E-state index is 13.8. The van der Waals surface area contributed by atoms with Crippen LogP contribution in [0.4, 0.5) is 4.39 Å². The van der Waals surface area contributed by atoms with Crippen LogP contribution in [0.15, 0.2) is 47.6 Å². The molecule has 0 aliphatic carbocycles. The molecule has 0 radical (unpaired) electrons. The Morgan fingerprint density at radius 2 is 2.04 bits per heavy atom. The molecule has 4 nitrogen and oxygen atoms in total. The van der Waals surface area contributed by atoms with Crippen molar-refractivity contribution < 1.29 is 9.13 Å². The number of aromatic amines is 1. The van der Waals surface area contributed by atoms with Gasteiger partial charge in [0.15, 0.2) is 11.6 Å². The van der Waals surface area contributed by atoms with Gasteiger partial charge in [0, 0.05) is 17.0 Å². The Labute approximate surface area is 142 Å². The average molecular weight is 350 g/mol. The molecule has 0 spiro atoms. The molecule has 0 amide bonds. The highest BCUT2D eigenvalue weighted by Gasteiger charge is 2.12. The molecular formula is C16H13ClFN3OS. The Morgan fingerprint density at radius 1 is 1.22 bits per heavy atom. The minimum Gasteiger partial charge on any atom is -0.454 e. The summed E-state index contributed by atoms with van der Waals surface area (Å²) in [6, 6.07) is 11.5. The number of hydrogen-bond acceptors (Lipinski definition) is 4. The second kappa shape index (κ2) is 7.02. The van der Waals surface area contributed by atoms with Gasteiger partial charge >= 0.3 is 0 Å². The van der Waals surface area contributed by atoms with Gasteiger partial charge in [-0.2, -0.15) is 0 Å². The first-order valence-electron chi connectivity index (χ1n) is 6.82. The van der Waals surface area contributed by atoms with E-state index in [0.29, 0.717) is 28.2 Å². The first kappa shape index (κ1) is 15.8. The van der Waals surface area contributed by atoms with Crippen LogP contribution in [0.2, 0.25) is 5.02 Å². The Kier molecular flexibility index (Phi) is 4.83. The van der Waals surface area contributed by atoms with Crippen molar-refractivity contribution in [3.05, 3.63) is 64.7 Å². The fraction of sp³-hybridized carbons (Fsp3) is 0.125. The topological polar surface area (TPSA) is 50.8 Å². The van der Waals surface area contributed by atoms with E-state index in [-0.39, 0.29) is 5.75 Å². The van der Waals surface area contributed by atoms with E-state index in [2.05, 4.69) is 15.2 Å². The number of H-pyrrole nitrogens is 1. The molecule has 0 fully saturated rings. The van der Waals surface area contributed by atoms with Gasteiger partial charge in [-0.25, -0.2) is 9.37 Å². The lowest BCUT2D eigenvalue weighted by molar-refractivity contribution is 0.438. The lowest BCUT2D eigenvalue weighted by Crippen LogP contribution is -1.96. The summed E-state index contributed by atoms with van der Waals surface area (Å²) in [5.41, 5.74) is 0.835. The van der Waals surface area contributed by atoms with Gasteiger partial charge in [0.2, 0.25) is 5.16 Å². The predicted octanol–water partition coefficient (Wildman–Crippen LogP) is 4.70. The fourth-order valence-corrected chi connectivity index (χ4v) is 2.54. The fourth-order valence-electron chi connectivity index (χ4n) is 2.04. The lowest BCUT2D eigenvalue weighted by Gasteiger charge is -2.11. The standard InChI is InChI=1S/C16H13ClFN3OS/c1-23-16-19-15(20-21-16)8-10-6-7-11(17)9-14(10)22-13-5-3-2-4-12(13)18/h2-7,9H,8H2,1H3,(H,19,20,21). The van der Waals surface area contributed by atoms with Crippen molar-refractivity contribution in [3.8, 4) is 11.5 Å². The van der Waals surface area contributed by atoms with Crippen molar-refractivity contribution in [2.45, 2.75) is 11.6 Å². The average Bonchev–Trinajstić information content (AvgIpc) is 3.00. The number of para-hydroxylation sites is 1. The first-order chi connectivity index (χ1) is 11.2. The van der Waals surface area contributed by atoms with Crippen LogP contribution in [0, 0.1) is 5.82 Å². The van der Waals surface area contributed by atoms with Crippen molar-refractivity contribution in [1.29, 1.82) is 0 Å². The molecule has 7 heteroatoms. The molecular weight excluding hydrogens is 337 g/mol. The second-order valence-corrected chi connectivity index (χ2v) is 5.94. The molecule has 0 bridgehead atoms. The van der Waals surface area contributed by atoms with Crippen LogP contribution >= 0.6 is 23.4 Å².